The predicted molar refractivity (Wildman–Crippen MR) is 87.5 cm³/mol. The van der Waals surface area contributed by atoms with Crippen molar-refractivity contribution in [2.75, 3.05) is 7.11 Å². The number of carbonyl (C=O) groups is 1. The summed E-state index contributed by atoms with van der Waals surface area (Å²) in [6, 6.07) is 12.8. The number of nitrogens with one attached hydrogen (secondary N) is 1. The van der Waals surface area contributed by atoms with Crippen molar-refractivity contribution in [1.82, 2.24) is 25.3 Å². The van der Waals surface area contributed by atoms with Gasteiger partial charge in [-0.1, -0.05) is 30.3 Å². The van der Waals surface area contributed by atoms with Crippen molar-refractivity contribution in [3.63, 3.8) is 0 Å². The molecule has 1 atom stereocenters. The molecule has 7 nitrogen and oxygen atoms in total. The van der Waals surface area contributed by atoms with Gasteiger partial charge in [-0.15, -0.1) is 0 Å². The Morgan fingerprint density at radius 1 is 1.12 bits per heavy atom. The number of pyridine rings is 1. The molecule has 2 heterocycles. The molecule has 0 aliphatic rings. The first-order valence-corrected chi connectivity index (χ1v) is 7.47. The number of ether oxygens (including phenoxy) is 1. The first-order chi connectivity index (χ1) is 11.8. The maximum atomic E-state index is 12.7. The highest BCUT2D eigenvalue weighted by Gasteiger charge is 2.19. The minimum Gasteiger partial charge on any atom is -0.480 e. The molecule has 0 radical (unpaired) electrons. The molecule has 0 fully saturated rings. The van der Waals surface area contributed by atoms with Crippen molar-refractivity contribution in [1.29, 1.82) is 0 Å². The summed E-state index contributed by atoms with van der Waals surface area (Å²) in [4.78, 5) is 18.3. The molecule has 0 saturated carbocycles. The van der Waals surface area contributed by atoms with Crippen LogP contribution >= 0.6 is 0 Å². The molecule has 1 aromatic carbocycles. The summed E-state index contributed by atoms with van der Waals surface area (Å²) in [6.45, 7) is 0.422. The van der Waals surface area contributed by atoms with E-state index < -0.39 is 0 Å². The number of rotatable bonds is 6. The molecule has 7 heteroatoms. The maximum Gasteiger partial charge on any atom is 0.257 e. The van der Waals surface area contributed by atoms with Crippen molar-refractivity contribution in [3.05, 3.63) is 72.2 Å². The highest BCUT2D eigenvalue weighted by Crippen LogP contribution is 2.18. The van der Waals surface area contributed by atoms with Crippen LogP contribution in [0.3, 0.4) is 0 Å². The topological polar surface area (TPSA) is 81.9 Å². The van der Waals surface area contributed by atoms with Gasteiger partial charge in [-0.25, -0.2) is 4.98 Å². The molecule has 0 spiro atoms. The lowest BCUT2D eigenvalue weighted by atomic mass is 10.1. The number of hydrogen-bond donors (Lipinski definition) is 1. The lowest BCUT2D eigenvalue weighted by Gasteiger charge is -2.19. The van der Waals surface area contributed by atoms with E-state index in [1.54, 1.807) is 35.5 Å². The van der Waals surface area contributed by atoms with Gasteiger partial charge in [0.05, 0.1) is 32.1 Å². The Labute approximate surface area is 139 Å². The molecular weight excluding hydrogens is 306 g/mol. The van der Waals surface area contributed by atoms with Crippen LogP contribution in [-0.4, -0.2) is 33.0 Å². The molecule has 0 saturated heterocycles. The Hall–Kier alpha value is -3.22. The second kappa shape index (κ2) is 7.36. The second-order valence-electron chi connectivity index (χ2n) is 5.08. The fourth-order valence-corrected chi connectivity index (χ4v) is 2.38. The SMILES string of the molecule is COc1ncccc1C(=O)N[C@@H](Cn1nccn1)c1ccccc1. The van der Waals surface area contributed by atoms with Crippen molar-refractivity contribution in [2.24, 2.45) is 0 Å². The van der Waals surface area contributed by atoms with Gasteiger partial charge in [0.2, 0.25) is 5.88 Å². The number of nitrogens with zero attached hydrogens (tertiary/aromatic N) is 4. The minimum absolute atomic E-state index is 0.263. The fourth-order valence-electron chi connectivity index (χ4n) is 2.38. The van der Waals surface area contributed by atoms with Gasteiger partial charge in [-0.2, -0.15) is 15.0 Å². The molecule has 3 rings (SSSR count). The summed E-state index contributed by atoms with van der Waals surface area (Å²) in [5.74, 6) is 0.0278. The zero-order chi connectivity index (χ0) is 16.8. The first-order valence-electron chi connectivity index (χ1n) is 7.47. The summed E-state index contributed by atoms with van der Waals surface area (Å²) in [6.07, 6.45) is 4.79. The van der Waals surface area contributed by atoms with Gasteiger partial charge >= 0.3 is 0 Å². The van der Waals surface area contributed by atoms with Gasteiger partial charge in [0.1, 0.15) is 5.56 Å². The number of benzene rings is 1. The van der Waals surface area contributed by atoms with Gasteiger partial charge in [-0.05, 0) is 17.7 Å². The number of aromatic nitrogens is 4. The zero-order valence-electron chi connectivity index (χ0n) is 13.2. The van der Waals surface area contributed by atoms with Crippen LogP contribution in [0.4, 0.5) is 0 Å². The quantitative estimate of drug-likeness (QED) is 0.748. The van der Waals surface area contributed by atoms with Crippen molar-refractivity contribution in [3.8, 4) is 5.88 Å². The summed E-state index contributed by atoms with van der Waals surface area (Å²) >= 11 is 0. The van der Waals surface area contributed by atoms with Crippen molar-refractivity contribution >= 4 is 5.91 Å². The number of hydrogen-bond acceptors (Lipinski definition) is 5. The minimum atomic E-state index is -0.281. The van der Waals surface area contributed by atoms with E-state index in [0.717, 1.165) is 5.56 Å². The van der Waals surface area contributed by atoms with Crippen LogP contribution in [0.5, 0.6) is 5.88 Å². The molecule has 0 aliphatic carbocycles. The summed E-state index contributed by atoms with van der Waals surface area (Å²) < 4.78 is 5.16. The third kappa shape index (κ3) is 3.57. The van der Waals surface area contributed by atoms with Crippen molar-refractivity contribution in [2.45, 2.75) is 12.6 Å². The summed E-state index contributed by atoms with van der Waals surface area (Å²) in [5.41, 5.74) is 1.35. The molecule has 0 unspecified atom stereocenters. The molecule has 122 valence electrons. The fraction of sp³-hybridized carbons (Fsp3) is 0.176. The van der Waals surface area contributed by atoms with Crippen LogP contribution in [0.25, 0.3) is 0 Å². The van der Waals surface area contributed by atoms with E-state index in [9.17, 15) is 4.79 Å². The second-order valence-corrected chi connectivity index (χ2v) is 5.08. The lowest BCUT2D eigenvalue weighted by Crippen LogP contribution is -2.32. The Kier molecular flexibility index (Phi) is 4.81. The Morgan fingerprint density at radius 3 is 2.58 bits per heavy atom. The molecule has 1 N–H and O–H groups in total. The normalized spacial score (nSPS) is 11.7. The third-order valence-electron chi connectivity index (χ3n) is 3.53. The molecule has 0 bridgehead atoms. The largest absolute Gasteiger partial charge is 0.480 e. The summed E-state index contributed by atoms with van der Waals surface area (Å²) in [5, 5.41) is 11.2. The van der Waals surface area contributed by atoms with Gasteiger partial charge in [0.15, 0.2) is 0 Å². The molecule has 2 aromatic heterocycles. The van der Waals surface area contributed by atoms with Crippen LogP contribution in [0.15, 0.2) is 61.1 Å². The Balaban J connectivity index is 1.84. The molecule has 1 amide bonds. The average Bonchev–Trinajstić information content (AvgIpc) is 3.15. The first kappa shape index (κ1) is 15.7. The van der Waals surface area contributed by atoms with Crippen LogP contribution < -0.4 is 10.1 Å². The third-order valence-corrected chi connectivity index (χ3v) is 3.53. The van der Waals surface area contributed by atoms with E-state index in [1.165, 1.54) is 7.11 Å². The van der Waals surface area contributed by atoms with Crippen LogP contribution in [0, 0.1) is 0 Å². The van der Waals surface area contributed by atoms with E-state index in [4.69, 9.17) is 4.74 Å². The number of carbonyl (C=O) groups excluding carboxylic acids is 1. The molecule has 0 aliphatic heterocycles. The smallest absolute Gasteiger partial charge is 0.257 e. The molecular formula is C17H17N5O2. The zero-order valence-corrected chi connectivity index (χ0v) is 13.2. The Morgan fingerprint density at radius 2 is 1.88 bits per heavy atom. The van der Waals surface area contributed by atoms with E-state index in [-0.39, 0.29) is 11.9 Å². The highest BCUT2D eigenvalue weighted by molar-refractivity contribution is 5.96. The van der Waals surface area contributed by atoms with Crippen molar-refractivity contribution < 1.29 is 9.53 Å². The standard InChI is InChI=1S/C17H17N5O2/c1-24-17-14(8-5-9-18-17)16(23)21-15(12-22-19-10-11-20-22)13-6-3-2-4-7-13/h2-11,15H,12H2,1H3,(H,21,23)/t15-/m0/s1. The average molecular weight is 323 g/mol. The molecule has 3 aromatic rings. The van der Waals surface area contributed by atoms with Gasteiger partial charge < -0.3 is 10.1 Å². The predicted octanol–water partition coefficient (Wildman–Crippen LogP) is 1.85. The van der Waals surface area contributed by atoms with Gasteiger partial charge in [0.25, 0.3) is 5.91 Å². The highest BCUT2D eigenvalue weighted by atomic mass is 16.5. The van der Waals surface area contributed by atoms with E-state index in [1.807, 2.05) is 30.3 Å². The van der Waals surface area contributed by atoms with E-state index in [2.05, 4.69) is 20.5 Å². The number of methoxy groups -OCH3 is 1. The van der Waals surface area contributed by atoms with Crippen LogP contribution in [0.1, 0.15) is 22.0 Å². The summed E-state index contributed by atoms with van der Waals surface area (Å²) in [7, 11) is 1.49. The van der Waals surface area contributed by atoms with Crippen LogP contribution in [-0.2, 0) is 6.54 Å². The van der Waals surface area contributed by atoms with E-state index >= 15 is 0 Å². The lowest BCUT2D eigenvalue weighted by molar-refractivity contribution is 0.0927. The number of amides is 1. The van der Waals surface area contributed by atoms with E-state index in [0.29, 0.717) is 18.0 Å². The maximum absolute atomic E-state index is 12.7. The van der Waals surface area contributed by atoms with Gasteiger partial charge in [0, 0.05) is 6.20 Å². The monoisotopic (exact) mass is 323 g/mol. The van der Waals surface area contributed by atoms with Crippen LogP contribution in [0.2, 0.25) is 0 Å². The van der Waals surface area contributed by atoms with Gasteiger partial charge in [-0.3, -0.25) is 4.79 Å². The Bertz CT molecular complexity index is 790. The molecule has 24 heavy (non-hydrogen) atoms.